The summed E-state index contributed by atoms with van der Waals surface area (Å²) >= 11 is 0.799. The lowest BCUT2D eigenvalue weighted by Gasteiger charge is -2.03. The van der Waals surface area contributed by atoms with Gasteiger partial charge in [-0.1, -0.05) is 11.3 Å². The first-order valence-corrected chi connectivity index (χ1v) is 6.77. The zero-order chi connectivity index (χ0) is 15.7. The number of carboxylic acid groups (broad SMARTS) is 1. The van der Waals surface area contributed by atoms with Crippen LogP contribution in [0.3, 0.4) is 0 Å². The summed E-state index contributed by atoms with van der Waals surface area (Å²) in [6, 6.07) is 1.36. The molecule has 22 heavy (non-hydrogen) atoms. The maximum atomic E-state index is 12.7. The number of hydrogen-bond donors (Lipinski definition) is 3. The van der Waals surface area contributed by atoms with Gasteiger partial charge in [0.1, 0.15) is 16.7 Å². The Kier molecular flexibility index (Phi) is 3.63. The summed E-state index contributed by atoms with van der Waals surface area (Å²) in [6.45, 7) is 0.188. The zero-order valence-corrected chi connectivity index (χ0v) is 11.6. The van der Waals surface area contributed by atoms with Gasteiger partial charge in [-0.3, -0.25) is 5.10 Å². The van der Waals surface area contributed by atoms with Gasteiger partial charge in [0.25, 0.3) is 6.43 Å². The first-order chi connectivity index (χ1) is 10.5. The maximum absolute atomic E-state index is 12.7. The van der Waals surface area contributed by atoms with Crippen molar-refractivity contribution >= 4 is 33.5 Å². The number of aromatic amines is 1. The van der Waals surface area contributed by atoms with Crippen molar-refractivity contribution < 1.29 is 18.7 Å². The average molecular weight is 326 g/mol. The highest BCUT2D eigenvalue weighted by Crippen LogP contribution is 2.30. The summed E-state index contributed by atoms with van der Waals surface area (Å²) in [5, 5.41) is 17.5. The van der Waals surface area contributed by atoms with Gasteiger partial charge in [0.2, 0.25) is 0 Å². The van der Waals surface area contributed by atoms with Gasteiger partial charge < -0.3 is 10.4 Å². The van der Waals surface area contributed by atoms with Crippen LogP contribution in [0.5, 0.6) is 0 Å². The van der Waals surface area contributed by atoms with Crippen molar-refractivity contribution in [2.75, 3.05) is 5.32 Å². The predicted molar refractivity (Wildman–Crippen MR) is 73.0 cm³/mol. The van der Waals surface area contributed by atoms with Crippen LogP contribution in [0.15, 0.2) is 12.4 Å². The number of rotatable bonds is 5. The van der Waals surface area contributed by atoms with Crippen molar-refractivity contribution in [1.29, 1.82) is 0 Å². The first kappa shape index (κ1) is 14.3. The molecule has 11 heteroatoms. The van der Waals surface area contributed by atoms with Gasteiger partial charge in [0.15, 0.2) is 16.5 Å². The van der Waals surface area contributed by atoms with E-state index in [1.165, 1.54) is 12.4 Å². The Morgan fingerprint density at radius 3 is 2.95 bits per heavy atom. The zero-order valence-electron chi connectivity index (χ0n) is 10.7. The van der Waals surface area contributed by atoms with E-state index in [0.717, 1.165) is 11.3 Å². The number of carboxylic acids is 1. The molecule has 3 aromatic rings. The summed E-state index contributed by atoms with van der Waals surface area (Å²) in [5.41, 5.74) is 0.646. The van der Waals surface area contributed by atoms with Crippen LogP contribution in [0, 0.1) is 0 Å². The highest BCUT2D eigenvalue weighted by atomic mass is 32.1. The number of alkyl halides is 2. The molecule has 0 aliphatic carbocycles. The number of carbonyl (C=O) groups is 1. The molecular formula is C11H8F2N6O2S. The largest absolute Gasteiger partial charge is 0.476 e. The first-order valence-electron chi connectivity index (χ1n) is 5.95. The molecule has 0 aromatic carbocycles. The Hall–Kier alpha value is -2.69. The number of nitrogens with zero attached hydrogens (tertiary/aromatic N) is 4. The molecule has 3 heterocycles. The molecule has 0 atom stereocenters. The average Bonchev–Trinajstić information content (AvgIpc) is 3.11. The SMILES string of the molecule is O=C(O)c1cc(CNc2ncnc3sc(C(F)F)nc23)[nH]n1. The maximum Gasteiger partial charge on any atom is 0.356 e. The Morgan fingerprint density at radius 1 is 1.45 bits per heavy atom. The van der Waals surface area contributed by atoms with Gasteiger partial charge in [-0.05, 0) is 6.07 Å². The number of halogens is 2. The number of H-pyrrole nitrogens is 1. The molecule has 8 nitrogen and oxygen atoms in total. The Morgan fingerprint density at radius 2 is 2.27 bits per heavy atom. The molecular weight excluding hydrogens is 318 g/mol. The van der Waals surface area contributed by atoms with Gasteiger partial charge in [-0.2, -0.15) is 5.10 Å². The fourth-order valence-electron chi connectivity index (χ4n) is 1.73. The number of thiazole rings is 1. The van der Waals surface area contributed by atoms with Crippen molar-refractivity contribution in [3.8, 4) is 0 Å². The van der Waals surface area contributed by atoms with E-state index in [4.69, 9.17) is 5.11 Å². The van der Waals surface area contributed by atoms with Crippen LogP contribution in [-0.2, 0) is 6.54 Å². The van der Waals surface area contributed by atoms with Crippen LogP contribution < -0.4 is 5.32 Å². The molecule has 0 bridgehead atoms. The lowest BCUT2D eigenvalue weighted by atomic mass is 10.3. The number of anilines is 1. The second-order valence-corrected chi connectivity index (χ2v) is 5.18. The van der Waals surface area contributed by atoms with Gasteiger partial charge in [-0.25, -0.2) is 28.5 Å². The van der Waals surface area contributed by atoms with Crippen LogP contribution in [-0.4, -0.2) is 36.2 Å². The molecule has 0 aliphatic heterocycles. The fraction of sp³-hybridized carbons (Fsp3) is 0.182. The lowest BCUT2D eigenvalue weighted by Crippen LogP contribution is -2.03. The molecule has 0 saturated heterocycles. The number of hydrogen-bond acceptors (Lipinski definition) is 7. The van der Waals surface area contributed by atoms with Crippen LogP contribution in [0.25, 0.3) is 10.3 Å². The molecule has 3 aromatic heterocycles. The molecule has 0 fully saturated rings. The summed E-state index contributed by atoms with van der Waals surface area (Å²) in [5.74, 6) is -0.854. The quantitative estimate of drug-likeness (QED) is 0.657. The molecule has 0 aliphatic rings. The third-order valence-electron chi connectivity index (χ3n) is 2.69. The Balaban J connectivity index is 1.82. The predicted octanol–water partition coefficient (Wildman–Crippen LogP) is 2.06. The standard InChI is InChI=1S/C11H8F2N6O2S/c12-7(13)10-17-6-8(15-3-16-9(6)22-10)14-2-4-1-5(11(20)21)19-18-4/h1,3,7H,2H2,(H,18,19)(H,20,21)(H,14,15,16). The monoisotopic (exact) mass is 326 g/mol. The molecule has 0 amide bonds. The van der Waals surface area contributed by atoms with Crippen molar-refractivity contribution in [3.63, 3.8) is 0 Å². The van der Waals surface area contributed by atoms with Crippen LogP contribution in [0.1, 0.15) is 27.6 Å². The molecule has 114 valence electrons. The topological polar surface area (TPSA) is 117 Å². The van der Waals surface area contributed by atoms with Crippen molar-refractivity contribution in [1.82, 2.24) is 25.1 Å². The summed E-state index contributed by atoms with van der Waals surface area (Å²) in [6.07, 6.45) is -1.42. The molecule has 0 unspecified atom stereocenters. The summed E-state index contributed by atoms with van der Waals surface area (Å²) in [7, 11) is 0. The minimum atomic E-state index is -2.67. The van der Waals surface area contributed by atoms with Crippen molar-refractivity contribution in [3.05, 3.63) is 28.8 Å². The summed E-state index contributed by atoms with van der Waals surface area (Å²) < 4.78 is 25.4. The van der Waals surface area contributed by atoms with E-state index < -0.39 is 12.4 Å². The second-order valence-electron chi connectivity index (χ2n) is 4.17. The number of fused-ring (bicyclic) bond motifs is 1. The van der Waals surface area contributed by atoms with Crippen LogP contribution in [0.2, 0.25) is 0 Å². The highest BCUT2D eigenvalue weighted by Gasteiger charge is 2.17. The van der Waals surface area contributed by atoms with Gasteiger partial charge in [0, 0.05) is 0 Å². The van der Waals surface area contributed by atoms with Crippen LogP contribution >= 0.6 is 11.3 Å². The molecule has 0 spiro atoms. The normalized spacial score (nSPS) is 11.2. The van der Waals surface area contributed by atoms with E-state index in [-0.39, 0.29) is 22.8 Å². The van der Waals surface area contributed by atoms with E-state index >= 15 is 0 Å². The Bertz CT molecular complexity index is 833. The van der Waals surface area contributed by atoms with E-state index in [2.05, 4.69) is 30.5 Å². The van der Waals surface area contributed by atoms with Gasteiger partial charge in [-0.15, -0.1) is 0 Å². The van der Waals surface area contributed by atoms with Crippen LogP contribution in [0.4, 0.5) is 14.6 Å². The number of aromatic nitrogens is 5. The van der Waals surface area contributed by atoms with Gasteiger partial charge >= 0.3 is 5.97 Å². The third kappa shape index (κ3) is 2.70. The van der Waals surface area contributed by atoms with E-state index in [0.29, 0.717) is 16.3 Å². The van der Waals surface area contributed by atoms with E-state index in [1.807, 2.05) is 0 Å². The van der Waals surface area contributed by atoms with E-state index in [1.54, 1.807) is 0 Å². The van der Waals surface area contributed by atoms with E-state index in [9.17, 15) is 13.6 Å². The third-order valence-corrected chi connectivity index (χ3v) is 3.67. The smallest absolute Gasteiger partial charge is 0.356 e. The summed E-state index contributed by atoms with van der Waals surface area (Å²) in [4.78, 5) is 22.8. The minimum Gasteiger partial charge on any atom is -0.476 e. The van der Waals surface area contributed by atoms with Crippen molar-refractivity contribution in [2.45, 2.75) is 13.0 Å². The molecule has 3 N–H and O–H groups in total. The highest BCUT2D eigenvalue weighted by molar-refractivity contribution is 7.18. The van der Waals surface area contributed by atoms with Crippen molar-refractivity contribution in [2.24, 2.45) is 0 Å². The van der Waals surface area contributed by atoms with Gasteiger partial charge in [0.05, 0.1) is 12.2 Å². The molecule has 3 rings (SSSR count). The second kappa shape index (κ2) is 5.60. The fourth-order valence-corrected chi connectivity index (χ4v) is 2.50. The Labute approximate surface area is 125 Å². The number of nitrogens with one attached hydrogen (secondary N) is 2. The minimum absolute atomic E-state index is 0.113. The number of aromatic carboxylic acids is 1. The molecule has 0 radical (unpaired) electrons. The molecule has 0 saturated carbocycles. The lowest BCUT2D eigenvalue weighted by molar-refractivity contribution is 0.0690.